The predicted octanol–water partition coefficient (Wildman–Crippen LogP) is 5.96. The monoisotopic (exact) mass is 521 g/mol. The smallest absolute Gasteiger partial charge is 0.181 e. The Bertz CT molecular complexity index is 1610. The highest BCUT2D eigenvalue weighted by Gasteiger charge is 2.17. The average Bonchev–Trinajstić information content (AvgIpc) is 3.60. The van der Waals surface area contributed by atoms with E-state index in [1.54, 1.807) is 11.3 Å². The molecule has 4 aromatic heterocycles. The third-order valence-electron chi connectivity index (χ3n) is 6.17. The maximum absolute atomic E-state index is 4.66. The van der Waals surface area contributed by atoms with Gasteiger partial charge in [0.2, 0.25) is 0 Å². The molecule has 4 aromatic rings. The molecule has 8 heteroatoms. The molecule has 0 unspecified atom stereocenters. The fraction of sp³-hybridized carbons (Fsp3) is 0.167. The molecule has 0 saturated heterocycles. The second-order valence-electron chi connectivity index (χ2n) is 9.43. The number of thiophene rings is 1. The predicted molar refractivity (Wildman–Crippen MR) is 160 cm³/mol. The minimum atomic E-state index is 0.591. The molecule has 7 nitrogen and oxygen atoms in total. The fourth-order valence-electron chi connectivity index (χ4n) is 4.55. The molecule has 5 heterocycles. The Hall–Kier alpha value is -4.27. The van der Waals surface area contributed by atoms with Gasteiger partial charge in [-0.15, -0.1) is 11.3 Å². The largest absolute Gasteiger partial charge is 0.357 e. The first kappa shape index (κ1) is 25.4. The van der Waals surface area contributed by atoms with Crippen LogP contribution in [0.5, 0.6) is 0 Å². The summed E-state index contributed by atoms with van der Waals surface area (Å²) in [5.74, 6) is 0. The van der Waals surface area contributed by atoms with Crippen molar-refractivity contribution >= 4 is 39.7 Å². The molecule has 1 aliphatic heterocycles. The van der Waals surface area contributed by atoms with Crippen LogP contribution in [0, 0.1) is 6.92 Å². The van der Waals surface area contributed by atoms with Crippen LogP contribution in [0.25, 0.3) is 33.6 Å². The van der Waals surface area contributed by atoms with Gasteiger partial charge < -0.3 is 15.2 Å². The van der Waals surface area contributed by atoms with E-state index in [4.69, 9.17) is 0 Å². The number of fused-ring (bicyclic) bond motifs is 1. The Morgan fingerprint density at radius 1 is 1.29 bits per heavy atom. The van der Waals surface area contributed by atoms with Crippen molar-refractivity contribution in [3.05, 3.63) is 106 Å². The quantitative estimate of drug-likeness (QED) is 0.237. The van der Waals surface area contributed by atoms with Crippen LogP contribution in [0.3, 0.4) is 0 Å². The molecule has 0 radical (unpaired) electrons. The molecule has 38 heavy (non-hydrogen) atoms. The van der Waals surface area contributed by atoms with Gasteiger partial charge in [-0.3, -0.25) is 10.1 Å². The van der Waals surface area contributed by atoms with Crippen molar-refractivity contribution in [1.82, 2.24) is 30.4 Å². The summed E-state index contributed by atoms with van der Waals surface area (Å²) in [4.78, 5) is 16.0. The van der Waals surface area contributed by atoms with Gasteiger partial charge in [0.05, 0.1) is 23.6 Å². The third-order valence-corrected chi connectivity index (χ3v) is 7.08. The highest BCUT2D eigenvalue weighted by atomic mass is 32.1. The highest BCUT2D eigenvalue weighted by molar-refractivity contribution is 7.11. The number of allylic oxidation sites excluding steroid dienone is 5. The standard InChI is InChI=1S/C30H31N7S/c1-6-8-24(28-9-7-12-38-28)25-15-27(34-20(25)3)29-26-14-22(16-32-30(26)36-35-29)21-10-11-31-17-23(13-21)33-19(2)18-37(4)5/h6-10,12-17,33-34H,1-2,11,18H2,3-5H3,(H,32,35,36)/b24-8+. The lowest BCUT2D eigenvalue weighted by atomic mass is 10.0. The number of hydrogen-bond donors (Lipinski definition) is 3. The zero-order valence-corrected chi connectivity index (χ0v) is 22.7. The fourth-order valence-corrected chi connectivity index (χ4v) is 5.32. The van der Waals surface area contributed by atoms with Crippen molar-refractivity contribution in [1.29, 1.82) is 0 Å². The van der Waals surface area contributed by atoms with E-state index < -0.39 is 0 Å². The maximum Gasteiger partial charge on any atom is 0.181 e. The topological polar surface area (TPSA) is 85.0 Å². The molecule has 192 valence electrons. The zero-order chi connectivity index (χ0) is 26.6. The van der Waals surface area contributed by atoms with Crippen molar-refractivity contribution < 1.29 is 0 Å². The number of hydrogen-bond acceptors (Lipinski definition) is 6. The lowest BCUT2D eigenvalue weighted by molar-refractivity contribution is 0.438. The minimum absolute atomic E-state index is 0.591. The molecule has 1 aliphatic rings. The van der Waals surface area contributed by atoms with Crippen LogP contribution in [0.1, 0.15) is 21.7 Å². The van der Waals surface area contributed by atoms with Crippen LogP contribution in [-0.4, -0.2) is 58.5 Å². The number of H-pyrrole nitrogens is 2. The van der Waals surface area contributed by atoms with E-state index in [1.165, 1.54) is 4.88 Å². The molecule has 0 bridgehead atoms. The van der Waals surface area contributed by atoms with Crippen LogP contribution < -0.4 is 5.32 Å². The Balaban J connectivity index is 1.50. The average molecular weight is 522 g/mol. The summed E-state index contributed by atoms with van der Waals surface area (Å²) in [6.07, 6.45) is 11.8. The number of nitrogens with one attached hydrogen (secondary N) is 3. The van der Waals surface area contributed by atoms with Crippen LogP contribution in [0.4, 0.5) is 0 Å². The number of pyridine rings is 1. The lowest BCUT2D eigenvalue weighted by Gasteiger charge is -2.14. The van der Waals surface area contributed by atoms with Crippen LogP contribution in [0.15, 0.2) is 89.7 Å². The second-order valence-corrected chi connectivity index (χ2v) is 10.4. The Morgan fingerprint density at radius 2 is 2.16 bits per heavy atom. The first-order valence-electron chi connectivity index (χ1n) is 12.4. The van der Waals surface area contributed by atoms with Gasteiger partial charge in [0.25, 0.3) is 0 Å². The number of aliphatic imine (C=N–C) groups is 1. The Labute approximate surface area is 226 Å². The van der Waals surface area contributed by atoms with Crippen molar-refractivity contribution in [2.75, 3.05) is 27.2 Å². The van der Waals surface area contributed by atoms with Gasteiger partial charge in [0.15, 0.2) is 5.65 Å². The van der Waals surface area contributed by atoms with Crippen molar-refractivity contribution in [3.63, 3.8) is 0 Å². The second kappa shape index (κ2) is 11.0. The van der Waals surface area contributed by atoms with Gasteiger partial charge in [-0.25, -0.2) is 4.98 Å². The van der Waals surface area contributed by atoms with Crippen molar-refractivity contribution in [3.8, 4) is 11.4 Å². The number of aromatic amines is 2. The molecule has 5 rings (SSSR count). The normalized spacial score (nSPS) is 13.9. The number of aromatic nitrogens is 4. The summed E-state index contributed by atoms with van der Waals surface area (Å²) < 4.78 is 0. The molecule has 0 aliphatic carbocycles. The van der Waals surface area contributed by atoms with Gasteiger partial charge >= 0.3 is 0 Å². The summed E-state index contributed by atoms with van der Waals surface area (Å²) in [5, 5.41) is 14.1. The zero-order valence-electron chi connectivity index (χ0n) is 21.9. The van der Waals surface area contributed by atoms with Crippen LogP contribution >= 0.6 is 11.3 Å². The van der Waals surface area contributed by atoms with Crippen LogP contribution in [-0.2, 0) is 0 Å². The summed E-state index contributed by atoms with van der Waals surface area (Å²) in [6.45, 7) is 11.5. The van der Waals surface area contributed by atoms with E-state index in [0.717, 1.165) is 62.7 Å². The molecular formula is C30H31N7S. The van der Waals surface area contributed by atoms with E-state index in [9.17, 15) is 0 Å². The lowest BCUT2D eigenvalue weighted by Crippen LogP contribution is -2.24. The SMILES string of the molecule is C=C/C=C(/c1cccs1)c1cc(-c2[nH]nc3ncc(C4=CCN=CC(NC(=C)CN(C)C)=C4)cc23)[nH]c1C. The summed E-state index contributed by atoms with van der Waals surface area (Å²) in [6, 6.07) is 8.50. The van der Waals surface area contributed by atoms with Gasteiger partial charge in [0, 0.05) is 57.3 Å². The van der Waals surface area contributed by atoms with Gasteiger partial charge in [-0.1, -0.05) is 37.5 Å². The highest BCUT2D eigenvalue weighted by Crippen LogP contribution is 2.34. The van der Waals surface area contributed by atoms with E-state index in [2.05, 4.69) is 103 Å². The minimum Gasteiger partial charge on any atom is -0.357 e. The molecule has 0 fully saturated rings. The first-order valence-corrected chi connectivity index (χ1v) is 13.2. The van der Waals surface area contributed by atoms with Gasteiger partial charge in [0.1, 0.15) is 0 Å². The third kappa shape index (κ3) is 5.37. The van der Waals surface area contributed by atoms with Crippen LogP contribution in [0.2, 0.25) is 0 Å². The summed E-state index contributed by atoms with van der Waals surface area (Å²) in [5.41, 5.74) is 9.73. The Kier molecular flexibility index (Phi) is 7.35. The molecule has 0 spiro atoms. The molecule has 0 saturated carbocycles. The number of rotatable bonds is 9. The maximum atomic E-state index is 4.66. The molecule has 3 N–H and O–H groups in total. The van der Waals surface area contributed by atoms with Gasteiger partial charge in [-0.2, -0.15) is 5.10 Å². The first-order chi connectivity index (χ1) is 18.4. The van der Waals surface area contributed by atoms with Crippen molar-refractivity contribution in [2.45, 2.75) is 6.92 Å². The Morgan fingerprint density at radius 3 is 2.92 bits per heavy atom. The van der Waals surface area contributed by atoms with E-state index in [0.29, 0.717) is 12.2 Å². The number of nitrogens with zero attached hydrogens (tertiary/aromatic N) is 4. The molecular weight excluding hydrogens is 490 g/mol. The molecule has 0 aromatic carbocycles. The van der Waals surface area contributed by atoms with Gasteiger partial charge in [-0.05, 0) is 56.2 Å². The van der Waals surface area contributed by atoms with Crippen molar-refractivity contribution in [2.24, 2.45) is 4.99 Å². The molecule has 0 amide bonds. The summed E-state index contributed by atoms with van der Waals surface area (Å²) in [7, 11) is 4.04. The van der Waals surface area contributed by atoms with E-state index in [-0.39, 0.29) is 0 Å². The number of likely N-dealkylation sites (N-methyl/N-ethyl adjacent to an activating group) is 1. The van der Waals surface area contributed by atoms with E-state index >= 15 is 0 Å². The summed E-state index contributed by atoms with van der Waals surface area (Å²) >= 11 is 1.71. The number of aryl methyl sites for hydroxylation is 1. The molecule has 0 atom stereocenters. The van der Waals surface area contributed by atoms with E-state index in [1.807, 2.05) is 32.6 Å².